The quantitative estimate of drug-likeness (QED) is 0.508. The van der Waals surface area contributed by atoms with E-state index in [4.69, 9.17) is 23.2 Å². The maximum absolute atomic E-state index is 13.4. The van der Waals surface area contributed by atoms with Gasteiger partial charge in [-0.3, -0.25) is 19.4 Å². The molecular formula is C26H34Cl2N4O4S. The molecule has 5 aliphatic rings. The molecule has 2 saturated heterocycles. The average molecular weight is 570 g/mol. The van der Waals surface area contributed by atoms with E-state index in [0.717, 1.165) is 57.5 Å². The van der Waals surface area contributed by atoms with Crippen LogP contribution in [0.4, 0.5) is 5.69 Å². The lowest BCUT2D eigenvalue weighted by atomic mass is 9.73. The lowest BCUT2D eigenvalue weighted by Gasteiger charge is -2.36. The zero-order chi connectivity index (χ0) is 26.2. The van der Waals surface area contributed by atoms with Crippen molar-refractivity contribution >= 4 is 50.7 Å². The fourth-order valence-electron chi connectivity index (χ4n) is 7.70. The Morgan fingerprint density at radius 3 is 2.27 bits per heavy atom. The smallest absolute Gasteiger partial charge is 0.233 e. The predicted molar refractivity (Wildman–Crippen MR) is 143 cm³/mol. The third kappa shape index (κ3) is 4.58. The second-order valence-electron chi connectivity index (χ2n) is 11.8. The van der Waals surface area contributed by atoms with E-state index in [1.807, 2.05) is 19.1 Å². The number of rotatable bonds is 7. The molecule has 6 rings (SSSR count). The number of nitrogens with one attached hydrogen (secondary N) is 1. The Bertz CT molecular complexity index is 1220. The van der Waals surface area contributed by atoms with Gasteiger partial charge < -0.3 is 4.90 Å². The van der Waals surface area contributed by atoms with Gasteiger partial charge in [-0.1, -0.05) is 36.2 Å². The number of halogens is 2. The molecule has 8 atom stereocenters. The molecule has 2 amide bonds. The van der Waals surface area contributed by atoms with Gasteiger partial charge >= 0.3 is 0 Å². The van der Waals surface area contributed by atoms with Crippen molar-refractivity contribution in [3.63, 3.8) is 0 Å². The van der Waals surface area contributed by atoms with Gasteiger partial charge in [-0.05, 0) is 54.6 Å². The van der Waals surface area contributed by atoms with Crippen LogP contribution in [0.15, 0.2) is 18.2 Å². The average Bonchev–Trinajstić information content (AvgIpc) is 3.23. The number of piperazine rings is 1. The van der Waals surface area contributed by atoms with Crippen LogP contribution in [-0.4, -0.2) is 81.6 Å². The predicted octanol–water partition coefficient (Wildman–Crippen LogP) is 2.56. The van der Waals surface area contributed by atoms with Crippen LogP contribution in [0.25, 0.3) is 0 Å². The van der Waals surface area contributed by atoms with Crippen LogP contribution < -0.4 is 9.62 Å². The number of imide groups is 1. The fourth-order valence-corrected chi connectivity index (χ4v) is 9.00. The molecule has 0 aromatic heterocycles. The van der Waals surface area contributed by atoms with E-state index in [9.17, 15) is 18.0 Å². The molecule has 3 aliphatic carbocycles. The van der Waals surface area contributed by atoms with Gasteiger partial charge in [0.25, 0.3) is 0 Å². The summed E-state index contributed by atoms with van der Waals surface area (Å²) in [6.07, 6.45) is 2.96. The Morgan fingerprint density at radius 1 is 0.946 bits per heavy atom. The minimum absolute atomic E-state index is 0.0233. The minimum atomic E-state index is -3.37. The number of sulfonamides is 1. The molecule has 0 spiro atoms. The molecule has 202 valence electrons. The summed E-state index contributed by atoms with van der Waals surface area (Å²) in [6, 6.07) is 5.48. The summed E-state index contributed by atoms with van der Waals surface area (Å²) in [4.78, 5) is 33.0. The highest BCUT2D eigenvalue weighted by molar-refractivity contribution is 7.88. The van der Waals surface area contributed by atoms with Gasteiger partial charge in [-0.2, -0.15) is 0 Å². The lowest BCUT2D eigenvalue weighted by molar-refractivity contribution is -0.141. The maximum atomic E-state index is 13.4. The number of hydrogen-bond acceptors (Lipinski definition) is 6. The van der Waals surface area contributed by atoms with Crippen LogP contribution >= 0.6 is 23.2 Å². The van der Waals surface area contributed by atoms with Crippen molar-refractivity contribution in [1.82, 2.24) is 14.5 Å². The molecule has 2 bridgehead atoms. The van der Waals surface area contributed by atoms with Crippen LogP contribution in [-0.2, 0) is 19.6 Å². The van der Waals surface area contributed by atoms with Gasteiger partial charge in [0, 0.05) is 45.3 Å². The first-order chi connectivity index (χ1) is 17.5. The first kappa shape index (κ1) is 25.9. The molecular weight excluding hydrogens is 535 g/mol. The molecule has 8 nitrogen and oxygen atoms in total. The molecule has 2 heterocycles. The minimum Gasteiger partial charge on any atom is -0.368 e. The first-order valence-corrected chi connectivity index (χ1v) is 15.9. The number of carbonyl (C=O) groups is 2. The topological polar surface area (TPSA) is 90.0 Å². The summed E-state index contributed by atoms with van der Waals surface area (Å²) in [5, 5.41) is 1.17. The van der Waals surface area contributed by atoms with E-state index >= 15 is 0 Å². The van der Waals surface area contributed by atoms with Crippen molar-refractivity contribution in [3.8, 4) is 0 Å². The van der Waals surface area contributed by atoms with Crippen LogP contribution in [0.3, 0.4) is 0 Å². The Morgan fingerprint density at radius 2 is 1.59 bits per heavy atom. The molecule has 3 saturated carbocycles. The zero-order valence-corrected chi connectivity index (χ0v) is 23.5. The highest BCUT2D eigenvalue weighted by Gasteiger charge is 2.66. The largest absolute Gasteiger partial charge is 0.368 e. The number of carbonyl (C=O) groups excluding carboxylic acids is 2. The van der Waals surface area contributed by atoms with E-state index in [1.165, 1.54) is 4.90 Å². The van der Waals surface area contributed by atoms with Gasteiger partial charge in [0.2, 0.25) is 21.8 Å². The Labute approximate surface area is 228 Å². The molecule has 1 aromatic carbocycles. The number of anilines is 1. The normalized spacial score (nSPS) is 37.5. The molecule has 6 unspecified atom stereocenters. The third-order valence-corrected chi connectivity index (χ3v) is 11.1. The van der Waals surface area contributed by atoms with Crippen LogP contribution in [0, 0.1) is 41.4 Å². The van der Waals surface area contributed by atoms with Crippen molar-refractivity contribution in [1.29, 1.82) is 0 Å². The molecule has 2 aliphatic heterocycles. The molecule has 0 radical (unpaired) electrons. The summed E-state index contributed by atoms with van der Waals surface area (Å²) in [5.74, 6) is 0.175. The summed E-state index contributed by atoms with van der Waals surface area (Å²) >= 11 is 12.6. The van der Waals surface area contributed by atoms with Gasteiger partial charge in [-0.25, -0.2) is 13.1 Å². The Balaban J connectivity index is 1.02. The fraction of sp³-hybridized carbons (Fsp3) is 0.692. The van der Waals surface area contributed by atoms with Gasteiger partial charge in [0.1, 0.15) is 0 Å². The van der Waals surface area contributed by atoms with Crippen molar-refractivity contribution in [2.75, 3.05) is 50.4 Å². The highest BCUT2D eigenvalue weighted by atomic mass is 35.5. The Kier molecular flexibility index (Phi) is 6.55. The van der Waals surface area contributed by atoms with E-state index in [1.54, 1.807) is 6.07 Å². The van der Waals surface area contributed by atoms with E-state index in [0.29, 0.717) is 28.4 Å². The summed E-state index contributed by atoms with van der Waals surface area (Å²) in [6.45, 7) is 7.14. The molecule has 5 fully saturated rings. The number of likely N-dealkylation sites (tertiary alicyclic amines) is 1. The summed E-state index contributed by atoms with van der Waals surface area (Å²) in [5.41, 5.74) is 0.979. The summed E-state index contributed by atoms with van der Waals surface area (Å²) < 4.78 is 26.5. The number of amides is 2. The van der Waals surface area contributed by atoms with Crippen molar-refractivity contribution < 1.29 is 18.0 Å². The monoisotopic (exact) mass is 568 g/mol. The van der Waals surface area contributed by atoms with E-state index < -0.39 is 10.0 Å². The number of hydrogen-bond donors (Lipinski definition) is 1. The van der Waals surface area contributed by atoms with Gasteiger partial charge in [0.05, 0.1) is 33.8 Å². The van der Waals surface area contributed by atoms with E-state index in [-0.39, 0.29) is 47.4 Å². The molecule has 11 heteroatoms. The van der Waals surface area contributed by atoms with Crippen molar-refractivity contribution in [2.24, 2.45) is 41.4 Å². The number of benzene rings is 1. The number of fused-ring (bicyclic) bond motifs is 5. The maximum Gasteiger partial charge on any atom is 0.233 e. The Hall–Kier alpha value is -1.39. The van der Waals surface area contributed by atoms with Crippen LogP contribution in [0.2, 0.25) is 10.0 Å². The van der Waals surface area contributed by atoms with E-state index in [2.05, 4.69) is 14.5 Å². The standard InChI is InChI=1S/C26H34Cl2N4O4S/c1-14-17-11-18(24(14)29-37(2,35)36)22-21(17)25(33)32(26(22)34)13-16-10-15(16)12-30-6-8-31(9-7-30)20-5-3-4-19(27)23(20)28/h3-5,14-18,21-22,24,29H,6-13H2,1-2H3/t14?,15-,16-,17?,18?,21?,22?,24?/m1/s1. The van der Waals surface area contributed by atoms with Gasteiger partial charge in [-0.15, -0.1) is 0 Å². The second kappa shape index (κ2) is 9.37. The highest BCUT2D eigenvalue weighted by Crippen LogP contribution is 2.59. The number of nitrogens with zero attached hydrogens (tertiary/aromatic N) is 3. The zero-order valence-electron chi connectivity index (χ0n) is 21.1. The van der Waals surface area contributed by atoms with Gasteiger partial charge in [0.15, 0.2) is 0 Å². The summed E-state index contributed by atoms with van der Waals surface area (Å²) in [7, 11) is -3.37. The van der Waals surface area contributed by atoms with Crippen LogP contribution in [0.5, 0.6) is 0 Å². The molecule has 1 N–H and O–H groups in total. The third-order valence-electron chi connectivity index (χ3n) is 9.63. The van der Waals surface area contributed by atoms with Crippen molar-refractivity contribution in [2.45, 2.75) is 25.8 Å². The molecule has 37 heavy (non-hydrogen) atoms. The van der Waals surface area contributed by atoms with Crippen molar-refractivity contribution in [3.05, 3.63) is 28.2 Å². The molecule has 1 aromatic rings. The SMILES string of the molecule is CC1C2CC(C1NS(C)(=O)=O)C1C(=O)N(C[C@H]3C[C@@H]3CN3CCN(c4cccc(Cl)c4Cl)CC3)C(=O)C21. The van der Waals surface area contributed by atoms with Crippen LogP contribution in [0.1, 0.15) is 19.8 Å². The lowest BCUT2D eigenvalue weighted by Crippen LogP contribution is -2.48. The second-order valence-corrected chi connectivity index (χ2v) is 14.4. The first-order valence-electron chi connectivity index (χ1n) is 13.3.